The van der Waals surface area contributed by atoms with Crippen LogP contribution >= 0.6 is 0 Å². The van der Waals surface area contributed by atoms with Crippen molar-refractivity contribution < 1.29 is 9.53 Å². The van der Waals surface area contributed by atoms with Gasteiger partial charge in [-0.15, -0.1) is 0 Å². The maximum Gasteiger partial charge on any atom is 0.424 e. The summed E-state index contributed by atoms with van der Waals surface area (Å²) in [6.07, 6.45) is 3.33. The van der Waals surface area contributed by atoms with Crippen LogP contribution < -0.4 is 0 Å². The second-order valence-electron chi connectivity index (χ2n) is 4.77. The normalized spacial score (nSPS) is 16.1. The lowest BCUT2D eigenvalue weighted by atomic mass is 10.2. The first-order valence-corrected chi connectivity index (χ1v) is 7.04. The molecule has 4 nitrogen and oxygen atoms in total. The van der Waals surface area contributed by atoms with Gasteiger partial charge in [-0.2, -0.15) is 0 Å². The number of nitrogens with zero attached hydrogens (tertiary/aromatic N) is 2. The molecule has 0 atom stereocenters. The lowest BCUT2D eigenvalue weighted by Crippen LogP contribution is -2.48. The van der Waals surface area contributed by atoms with Crippen LogP contribution in [0.2, 0.25) is 0 Å². The second-order valence-corrected chi connectivity index (χ2v) is 4.77. The first kappa shape index (κ1) is 13.9. The highest BCUT2D eigenvalue weighted by Gasteiger charge is 2.22. The van der Waals surface area contributed by atoms with E-state index in [1.807, 2.05) is 37.3 Å². The van der Waals surface area contributed by atoms with Gasteiger partial charge in [-0.1, -0.05) is 36.8 Å². The van der Waals surface area contributed by atoms with Crippen molar-refractivity contribution in [2.75, 3.05) is 19.6 Å². The Labute approximate surface area is 114 Å². The van der Waals surface area contributed by atoms with Crippen LogP contribution in [-0.2, 0) is 11.3 Å². The van der Waals surface area contributed by atoms with E-state index in [0.29, 0.717) is 13.2 Å². The van der Waals surface area contributed by atoms with Gasteiger partial charge in [0.05, 0.1) is 0 Å². The van der Waals surface area contributed by atoms with Crippen molar-refractivity contribution in [3.8, 4) is 0 Å². The van der Waals surface area contributed by atoms with Gasteiger partial charge in [-0.05, 0) is 25.3 Å². The highest BCUT2D eigenvalue weighted by atomic mass is 16.6. The molecule has 0 N–H and O–H groups in total. The van der Waals surface area contributed by atoms with Crippen molar-refractivity contribution in [3.63, 3.8) is 0 Å². The monoisotopic (exact) mass is 262 g/mol. The smallest absolute Gasteiger partial charge is 0.424 e. The highest BCUT2D eigenvalue weighted by Crippen LogP contribution is 2.13. The van der Waals surface area contributed by atoms with Gasteiger partial charge in [0.15, 0.2) is 0 Å². The van der Waals surface area contributed by atoms with Crippen LogP contribution in [-0.4, -0.2) is 35.7 Å². The Morgan fingerprint density at radius 2 is 1.89 bits per heavy atom. The van der Waals surface area contributed by atoms with Crippen LogP contribution in [0.3, 0.4) is 0 Å². The molecule has 0 spiro atoms. The fourth-order valence-corrected chi connectivity index (χ4v) is 2.36. The van der Waals surface area contributed by atoms with Gasteiger partial charge in [-0.3, -0.25) is 0 Å². The molecule has 0 unspecified atom stereocenters. The minimum Gasteiger partial charge on any atom is -0.444 e. The van der Waals surface area contributed by atoms with Crippen LogP contribution in [0.1, 0.15) is 31.7 Å². The lowest BCUT2D eigenvalue weighted by molar-refractivity contribution is -0.0329. The summed E-state index contributed by atoms with van der Waals surface area (Å²) < 4.78 is 5.38. The van der Waals surface area contributed by atoms with Gasteiger partial charge in [0.2, 0.25) is 0 Å². The summed E-state index contributed by atoms with van der Waals surface area (Å²) in [7, 11) is 0. The second kappa shape index (κ2) is 7.14. The Kier molecular flexibility index (Phi) is 5.21. The maximum atomic E-state index is 12.1. The number of carbonyl (C=O) groups is 1. The molecule has 0 bridgehead atoms. The Morgan fingerprint density at radius 3 is 2.53 bits per heavy atom. The molecule has 1 aliphatic heterocycles. The van der Waals surface area contributed by atoms with Crippen molar-refractivity contribution in [2.45, 2.75) is 32.8 Å². The Hall–Kier alpha value is -1.55. The molecule has 1 amide bonds. The Balaban J connectivity index is 1.86. The summed E-state index contributed by atoms with van der Waals surface area (Å²) >= 11 is 0. The molecule has 1 aromatic rings. The minimum atomic E-state index is -0.242. The molecule has 1 heterocycles. The van der Waals surface area contributed by atoms with Gasteiger partial charge in [0.1, 0.15) is 6.61 Å². The lowest BCUT2D eigenvalue weighted by Gasteiger charge is -2.35. The third-order valence-corrected chi connectivity index (χ3v) is 3.39. The van der Waals surface area contributed by atoms with E-state index in [2.05, 4.69) is 5.01 Å². The molecule has 0 saturated carbocycles. The summed E-state index contributed by atoms with van der Waals surface area (Å²) in [6.45, 7) is 4.89. The predicted octanol–water partition coefficient (Wildman–Crippen LogP) is 3.05. The van der Waals surface area contributed by atoms with Gasteiger partial charge in [0.25, 0.3) is 0 Å². The number of benzene rings is 1. The molecule has 1 saturated heterocycles. The zero-order chi connectivity index (χ0) is 13.5. The summed E-state index contributed by atoms with van der Waals surface area (Å²) in [5, 5.41) is 3.83. The van der Waals surface area contributed by atoms with Crippen molar-refractivity contribution in [1.82, 2.24) is 10.0 Å². The summed E-state index contributed by atoms with van der Waals surface area (Å²) in [5.41, 5.74) is 1.02. The molecular formula is C15H22N2O2. The van der Waals surface area contributed by atoms with Crippen LogP contribution in [0.25, 0.3) is 0 Å². The Bertz CT molecular complexity index is 388. The molecular weight excluding hydrogens is 240 g/mol. The van der Waals surface area contributed by atoms with Crippen molar-refractivity contribution in [3.05, 3.63) is 35.9 Å². The van der Waals surface area contributed by atoms with Crippen LogP contribution in [0, 0.1) is 0 Å². The van der Waals surface area contributed by atoms with Gasteiger partial charge < -0.3 is 4.74 Å². The van der Waals surface area contributed by atoms with Crippen molar-refractivity contribution >= 4 is 6.09 Å². The van der Waals surface area contributed by atoms with E-state index < -0.39 is 0 Å². The van der Waals surface area contributed by atoms with E-state index in [4.69, 9.17) is 4.74 Å². The third kappa shape index (κ3) is 3.96. The molecule has 1 fully saturated rings. The van der Waals surface area contributed by atoms with Gasteiger partial charge in [-0.25, -0.2) is 14.8 Å². The summed E-state index contributed by atoms with van der Waals surface area (Å²) in [4.78, 5) is 12.1. The van der Waals surface area contributed by atoms with Crippen LogP contribution in [0.5, 0.6) is 0 Å². The Morgan fingerprint density at radius 1 is 1.21 bits per heavy atom. The third-order valence-electron chi connectivity index (χ3n) is 3.39. The van der Waals surface area contributed by atoms with E-state index in [1.165, 1.54) is 6.42 Å². The number of piperidine rings is 1. The molecule has 0 aromatic heterocycles. The van der Waals surface area contributed by atoms with E-state index >= 15 is 0 Å². The first-order chi connectivity index (χ1) is 9.31. The van der Waals surface area contributed by atoms with E-state index in [1.54, 1.807) is 5.01 Å². The number of hydrogen-bond acceptors (Lipinski definition) is 3. The molecule has 0 aliphatic carbocycles. The standard InChI is InChI=1S/C15H22N2O2/c1-2-17(16-11-7-4-8-12-16)15(18)19-13-14-9-5-3-6-10-14/h3,5-6,9-10H,2,4,7-8,11-13H2,1H3. The molecule has 4 heteroatoms. The molecule has 1 aromatic carbocycles. The van der Waals surface area contributed by atoms with Crippen LogP contribution in [0.4, 0.5) is 4.79 Å². The average Bonchev–Trinajstić information content (AvgIpc) is 2.48. The number of ether oxygens (including phenoxy) is 1. The fourth-order valence-electron chi connectivity index (χ4n) is 2.36. The van der Waals surface area contributed by atoms with Gasteiger partial charge in [0, 0.05) is 19.6 Å². The highest BCUT2D eigenvalue weighted by molar-refractivity contribution is 5.67. The van der Waals surface area contributed by atoms with E-state index in [0.717, 1.165) is 31.5 Å². The van der Waals surface area contributed by atoms with Crippen LogP contribution in [0.15, 0.2) is 30.3 Å². The molecule has 2 rings (SSSR count). The number of carbonyl (C=O) groups excluding carboxylic acids is 1. The minimum absolute atomic E-state index is 0.242. The van der Waals surface area contributed by atoms with Crippen molar-refractivity contribution in [2.24, 2.45) is 0 Å². The van der Waals surface area contributed by atoms with Crippen molar-refractivity contribution in [1.29, 1.82) is 0 Å². The summed E-state index contributed by atoms with van der Waals surface area (Å²) in [6, 6.07) is 9.78. The quantitative estimate of drug-likeness (QED) is 0.836. The number of rotatable bonds is 4. The number of hydrogen-bond donors (Lipinski definition) is 0. The molecule has 19 heavy (non-hydrogen) atoms. The first-order valence-electron chi connectivity index (χ1n) is 7.04. The van der Waals surface area contributed by atoms with Gasteiger partial charge >= 0.3 is 6.09 Å². The fraction of sp³-hybridized carbons (Fsp3) is 0.533. The molecule has 0 radical (unpaired) electrons. The molecule has 104 valence electrons. The molecule has 1 aliphatic rings. The zero-order valence-electron chi connectivity index (χ0n) is 11.5. The summed E-state index contributed by atoms with van der Waals surface area (Å²) in [5.74, 6) is 0. The van der Waals surface area contributed by atoms with E-state index in [9.17, 15) is 4.79 Å². The SMILES string of the molecule is CCN(C(=O)OCc1ccccc1)N1CCCCC1. The average molecular weight is 262 g/mol. The number of hydrazine groups is 1. The topological polar surface area (TPSA) is 32.8 Å². The van der Waals surface area contributed by atoms with E-state index in [-0.39, 0.29) is 6.09 Å². The number of amides is 1. The predicted molar refractivity (Wildman–Crippen MR) is 74.4 cm³/mol. The zero-order valence-corrected chi connectivity index (χ0v) is 11.5. The maximum absolute atomic E-state index is 12.1. The largest absolute Gasteiger partial charge is 0.444 e.